The Labute approximate surface area is 109 Å². The first kappa shape index (κ1) is 15.0. The van der Waals surface area contributed by atoms with Crippen LogP contribution in [0.25, 0.3) is 0 Å². The molecule has 0 heterocycles. The molecule has 1 atom stereocenters. The van der Waals surface area contributed by atoms with Gasteiger partial charge in [-0.15, -0.1) is 0 Å². The van der Waals surface area contributed by atoms with Crippen molar-refractivity contribution in [1.82, 2.24) is 5.32 Å². The molecule has 1 amide bonds. The van der Waals surface area contributed by atoms with Crippen LogP contribution in [-0.2, 0) is 9.59 Å². The Morgan fingerprint density at radius 1 is 1.33 bits per heavy atom. The molecule has 1 unspecified atom stereocenters. The molecule has 0 radical (unpaired) electrons. The highest BCUT2D eigenvalue weighted by atomic mass is 16.4. The summed E-state index contributed by atoms with van der Waals surface area (Å²) in [5.74, 6) is -0.316. The molecule has 18 heavy (non-hydrogen) atoms. The van der Waals surface area contributed by atoms with E-state index in [4.69, 9.17) is 5.11 Å². The van der Waals surface area contributed by atoms with E-state index in [2.05, 4.69) is 5.32 Å². The molecule has 1 rings (SSSR count). The van der Waals surface area contributed by atoms with E-state index < -0.39 is 11.5 Å². The number of carbonyl (C=O) groups excluding carboxylic acids is 1. The first-order valence-electron chi connectivity index (χ1n) is 7.02. The SMILES string of the molecule is CCC(C)(NC(=O)CCCC1CCCC1)C(=O)O. The molecule has 0 spiro atoms. The maximum absolute atomic E-state index is 11.7. The third-order valence-corrected chi connectivity index (χ3v) is 4.09. The zero-order valence-electron chi connectivity index (χ0n) is 11.5. The lowest BCUT2D eigenvalue weighted by Gasteiger charge is -2.24. The summed E-state index contributed by atoms with van der Waals surface area (Å²) in [5, 5.41) is 11.7. The van der Waals surface area contributed by atoms with Crippen molar-refractivity contribution in [3.63, 3.8) is 0 Å². The summed E-state index contributed by atoms with van der Waals surface area (Å²) in [6.45, 7) is 3.33. The van der Waals surface area contributed by atoms with Crippen molar-refractivity contribution >= 4 is 11.9 Å². The fraction of sp³-hybridized carbons (Fsp3) is 0.857. The highest BCUT2D eigenvalue weighted by Gasteiger charge is 2.32. The van der Waals surface area contributed by atoms with Crippen molar-refractivity contribution in [3.8, 4) is 0 Å². The van der Waals surface area contributed by atoms with E-state index >= 15 is 0 Å². The number of nitrogens with one attached hydrogen (secondary N) is 1. The summed E-state index contributed by atoms with van der Waals surface area (Å²) in [6, 6.07) is 0. The van der Waals surface area contributed by atoms with Crippen LogP contribution in [0.4, 0.5) is 0 Å². The summed E-state index contributed by atoms with van der Waals surface area (Å²) in [4.78, 5) is 22.8. The van der Waals surface area contributed by atoms with Gasteiger partial charge >= 0.3 is 5.97 Å². The smallest absolute Gasteiger partial charge is 0.329 e. The van der Waals surface area contributed by atoms with Crippen LogP contribution in [0.5, 0.6) is 0 Å². The number of carbonyl (C=O) groups is 2. The van der Waals surface area contributed by atoms with Gasteiger partial charge in [-0.25, -0.2) is 4.79 Å². The number of carboxylic acid groups (broad SMARTS) is 1. The Balaban J connectivity index is 2.25. The number of aliphatic carboxylic acids is 1. The zero-order valence-corrected chi connectivity index (χ0v) is 11.5. The van der Waals surface area contributed by atoms with Crippen LogP contribution in [0.1, 0.15) is 65.2 Å². The number of hydrogen-bond acceptors (Lipinski definition) is 2. The lowest BCUT2D eigenvalue weighted by Crippen LogP contribution is -2.51. The maximum atomic E-state index is 11.7. The zero-order chi connectivity index (χ0) is 13.6. The molecule has 0 aromatic rings. The van der Waals surface area contributed by atoms with Crippen LogP contribution in [0.2, 0.25) is 0 Å². The Morgan fingerprint density at radius 3 is 2.44 bits per heavy atom. The fourth-order valence-corrected chi connectivity index (χ4v) is 2.51. The summed E-state index contributed by atoms with van der Waals surface area (Å²) in [5.41, 5.74) is -1.12. The summed E-state index contributed by atoms with van der Waals surface area (Å²) >= 11 is 0. The highest BCUT2D eigenvalue weighted by molar-refractivity contribution is 5.86. The first-order valence-corrected chi connectivity index (χ1v) is 7.02. The van der Waals surface area contributed by atoms with Crippen LogP contribution >= 0.6 is 0 Å². The average molecular weight is 255 g/mol. The number of amides is 1. The molecule has 4 heteroatoms. The van der Waals surface area contributed by atoms with Crippen molar-refractivity contribution in [1.29, 1.82) is 0 Å². The second-order valence-corrected chi connectivity index (χ2v) is 5.58. The minimum atomic E-state index is -1.12. The molecule has 0 bridgehead atoms. The largest absolute Gasteiger partial charge is 0.480 e. The first-order chi connectivity index (χ1) is 8.48. The molecule has 1 saturated carbocycles. The minimum Gasteiger partial charge on any atom is -0.480 e. The van der Waals surface area contributed by atoms with Gasteiger partial charge in [0.05, 0.1) is 0 Å². The predicted octanol–water partition coefficient (Wildman–Crippen LogP) is 2.72. The van der Waals surface area contributed by atoms with E-state index in [1.54, 1.807) is 13.8 Å². The second-order valence-electron chi connectivity index (χ2n) is 5.58. The van der Waals surface area contributed by atoms with Gasteiger partial charge < -0.3 is 10.4 Å². The quantitative estimate of drug-likeness (QED) is 0.735. The van der Waals surface area contributed by atoms with Crippen LogP contribution < -0.4 is 5.32 Å². The van der Waals surface area contributed by atoms with Crippen LogP contribution in [-0.4, -0.2) is 22.5 Å². The Kier molecular flexibility index (Phi) is 5.63. The number of hydrogen-bond donors (Lipinski definition) is 2. The van der Waals surface area contributed by atoms with Crippen molar-refractivity contribution in [2.45, 2.75) is 70.8 Å². The lowest BCUT2D eigenvalue weighted by atomic mass is 9.97. The van der Waals surface area contributed by atoms with E-state index in [1.165, 1.54) is 25.7 Å². The summed E-state index contributed by atoms with van der Waals surface area (Å²) < 4.78 is 0. The van der Waals surface area contributed by atoms with E-state index in [0.29, 0.717) is 12.8 Å². The topological polar surface area (TPSA) is 66.4 Å². The minimum absolute atomic E-state index is 0.139. The highest BCUT2D eigenvalue weighted by Crippen LogP contribution is 2.28. The molecule has 1 aliphatic carbocycles. The van der Waals surface area contributed by atoms with Gasteiger partial charge in [-0.05, 0) is 32.1 Å². The van der Waals surface area contributed by atoms with E-state index in [9.17, 15) is 9.59 Å². The van der Waals surface area contributed by atoms with Crippen LogP contribution in [0.15, 0.2) is 0 Å². The van der Waals surface area contributed by atoms with Gasteiger partial charge in [-0.2, -0.15) is 0 Å². The lowest BCUT2D eigenvalue weighted by molar-refractivity contribution is -0.147. The standard InChI is InChI=1S/C14H25NO3/c1-3-14(2,13(17)18)15-12(16)10-6-9-11-7-4-5-8-11/h11H,3-10H2,1-2H3,(H,15,16)(H,17,18). The van der Waals surface area contributed by atoms with Gasteiger partial charge in [0.25, 0.3) is 0 Å². The van der Waals surface area contributed by atoms with Crippen molar-refractivity contribution < 1.29 is 14.7 Å². The molecular formula is C14H25NO3. The molecule has 4 nitrogen and oxygen atoms in total. The van der Waals surface area contributed by atoms with E-state index in [1.807, 2.05) is 0 Å². The van der Waals surface area contributed by atoms with Gasteiger partial charge in [0.15, 0.2) is 0 Å². The summed E-state index contributed by atoms with van der Waals surface area (Å²) in [7, 11) is 0. The van der Waals surface area contributed by atoms with E-state index in [0.717, 1.165) is 18.8 Å². The van der Waals surface area contributed by atoms with Gasteiger partial charge in [-0.1, -0.05) is 32.6 Å². The van der Waals surface area contributed by atoms with Crippen molar-refractivity contribution in [2.75, 3.05) is 0 Å². The van der Waals surface area contributed by atoms with Crippen molar-refractivity contribution in [2.24, 2.45) is 5.92 Å². The van der Waals surface area contributed by atoms with Gasteiger partial charge in [0, 0.05) is 6.42 Å². The second kappa shape index (κ2) is 6.76. The summed E-state index contributed by atoms with van der Waals surface area (Å²) in [6.07, 6.45) is 8.05. The average Bonchev–Trinajstić information content (AvgIpc) is 2.81. The molecule has 2 N–H and O–H groups in total. The molecule has 0 aromatic carbocycles. The fourth-order valence-electron chi connectivity index (χ4n) is 2.51. The van der Waals surface area contributed by atoms with Crippen LogP contribution in [0.3, 0.4) is 0 Å². The number of rotatable bonds is 7. The van der Waals surface area contributed by atoms with Gasteiger partial charge in [0.2, 0.25) is 5.91 Å². The molecule has 0 aliphatic heterocycles. The van der Waals surface area contributed by atoms with Gasteiger partial charge in [0.1, 0.15) is 5.54 Å². The molecule has 0 aromatic heterocycles. The number of carboxylic acids is 1. The van der Waals surface area contributed by atoms with Crippen LogP contribution in [0, 0.1) is 5.92 Å². The maximum Gasteiger partial charge on any atom is 0.329 e. The Hall–Kier alpha value is -1.06. The molecule has 104 valence electrons. The van der Waals surface area contributed by atoms with Crippen molar-refractivity contribution in [3.05, 3.63) is 0 Å². The Bertz CT molecular complexity index is 297. The monoisotopic (exact) mass is 255 g/mol. The normalized spacial score (nSPS) is 19.4. The third-order valence-electron chi connectivity index (χ3n) is 4.09. The molecule has 1 aliphatic rings. The third kappa shape index (κ3) is 4.31. The van der Waals surface area contributed by atoms with Gasteiger partial charge in [-0.3, -0.25) is 4.79 Å². The predicted molar refractivity (Wildman–Crippen MR) is 70.3 cm³/mol. The molecule has 0 saturated heterocycles. The Morgan fingerprint density at radius 2 is 1.94 bits per heavy atom. The van der Waals surface area contributed by atoms with E-state index in [-0.39, 0.29) is 5.91 Å². The molecule has 1 fully saturated rings. The molecular weight excluding hydrogens is 230 g/mol.